The minimum absolute atomic E-state index is 0.840. The highest BCUT2D eigenvalue weighted by molar-refractivity contribution is 7.99. The van der Waals surface area contributed by atoms with Gasteiger partial charge >= 0.3 is 0 Å². The van der Waals surface area contributed by atoms with E-state index in [9.17, 15) is 0 Å². The smallest absolute Gasteiger partial charge is 0.0959 e. The van der Waals surface area contributed by atoms with E-state index >= 15 is 0 Å². The minimum atomic E-state index is 0.840. The number of thioether (sulfide) groups is 1. The maximum atomic E-state index is 4.28. The molecule has 1 aliphatic heterocycles. The van der Waals surface area contributed by atoms with E-state index in [1.807, 2.05) is 30.1 Å². The molecule has 0 amide bonds. The Morgan fingerprint density at radius 2 is 2.54 bits per heavy atom. The number of hydrogen-bond donors (Lipinski definition) is 1. The van der Waals surface area contributed by atoms with Crippen LogP contribution in [0.1, 0.15) is 6.42 Å². The summed E-state index contributed by atoms with van der Waals surface area (Å²) in [6, 6.07) is 6.08. The van der Waals surface area contributed by atoms with E-state index in [0.717, 1.165) is 10.9 Å². The van der Waals surface area contributed by atoms with Crippen LogP contribution in [0, 0.1) is 5.92 Å². The predicted molar refractivity (Wildman–Crippen MR) is 55.9 cm³/mol. The highest BCUT2D eigenvalue weighted by Gasteiger charge is 2.14. The molecule has 3 heteroatoms. The molecule has 0 spiro atoms. The van der Waals surface area contributed by atoms with Crippen molar-refractivity contribution in [1.82, 2.24) is 10.3 Å². The average Bonchev–Trinajstić information content (AvgIpc) is 2.69. The minimum Gasteiger partial charge on any atom is -0.316 e. The Hall–Kier alpha value is -0.540. The molecule has 0 bridgehead atoms. The van der Waals surface area contributed by atoms with Crippen molar-refractivity contribution < 1.29 is 0 Å². The SMILES string of the molecule is c1ccc(SC[C@H]2CCNC2)nc1. The fraction of sp³-hybridized carbons (Fsp3) is 0.500. The number of nitrogens with zero attached hydrogens (tertiary/aromatic N) is 1. The van der Waals surface area contributed by atoms with E-state index in [1.165, 1.54) is 25.3 Å². The number of hydrogen-bond acceptors (Lipinski definition) is 3. The fourth-order valence-electron chi connectivity index (χ4n) is 1.49. The molecule has 2 rings (SSSR count). The lowest BCUT2D eigenvalue weighted by atomic mass is 10.2. The van der Waals surface area contributed by atoms with E-state index in [2.05, 4.69) is 16.4 Å². The summed E-state index contributed by atoms with van der Waals surface area (Å²) in [4.78, 5) is 4.28. The van der Waals surface area contributed by atoms with Crippen LogP contribution in [0.4, 0.5) is 0 Å². The fourth-order valence-corrected chi connectivity index (χ4v) is 2.49. The molecular formula is C10H14N2S. The summed E-state index contributed by atoms with van der Waals surface area (Å²) in [6.07, 6.45) is 3.18. The van der Waals surface area contributed by atoms with Crippen LogP contribution in [0.5, 0.6) is 0 Å². The Morgan fingerprint density at radius 1 is 1.54 bits per heavy atom. The first-order valence-corrected chi connectivity index (χ1v) is 5.68. The van der Waals surface area contributed by atoms with E-state index in [4.69, 9.17) is 0 Å². The van der Waals surface area contributed by atoms with Crippen molar-refractivity contribution in [1.29, 1.82) is 0 Å². The molecule has 1 aromatic rings. The second-order valence-electron chi connectivity index (χ2n) is 3.34. The van der Waals surface area contributed by atoms with Crippen molar-refractivity contribution in [3.63, 3.8) is 0 Å². The lowest BCUT2D eigenvalue weighted by molar-refractivity contribution is 0.662. The molecule has 1 N–H and O–H groups in total. The molecule has 0 radical (unpaired) electrons. The molecule has 0 unspecified atom stereocenters. The van der Waals surface area contributed by atoms with Gasteiger partial charge in [0.15, 0.2) is 0 Å². The zero-order chi connectivity index (χ0) is 8.93. The Balaban J connectivity index is 1.79. The molecule has 0 saturated carbocycles. The van der Waals surface area contributed by atoms with Gasteiger partial charge in [-0.1, -0.05) is 6.07 Å². The summed E-state index contributed by atoms with van der Waals surface area (Å²) in [6.45, 7) is 2.37. The van der Waals surface area contributed by atoms with Gasteiger partial charge in [0, 0.05) is 11.9 Å². The number of aromatic nitrogens is 1. The van der Waals surface area contributed by atoms with Gasteiger partial charge < -0.3 is 5.32 Å². The number of rotatable bonds is 3. The Labute approximate surface area is 83.1 Å². The van der Waals surface area contributed by atoms with E-state index in [1.54, 1.807) is 0 Å². The third kappa shape index (κ3) is 2.71. The topological polar surface area (TPSA) is 24.9 Å². The van der Waals surface area contributed by atoms with Crippen LogP contribution < -0.4 is 5.32 Å². The molecule has 2 nitrogen and oxygen atoms in total. The highest BCUT2D eigenvalue weighted by Crippen LogP contribution is 2.20. The van der Waals surface area contributed by atoms with Crippen molar-refractivity contribution in [2.75, 3.05) is 18.8 Å². The molecule has 0 aromatic carbocycles. The van der Waals surface area contributed by atoms with Gasteiger partial charge in [0.25, 0.3) is 0 Å². The van der Waals surface area contributed by atoms with Gasteiger partial charge in [-0.25, -0.2) is 4.98 Å². The molecule has 1 aliphatic rings. The van der Waals surface area contributed by atoms with Crippen LogP contribution in [0.3, 0.4) is 0 Å². The van der Waals surface area contributed by atoms with Gasteiger partial charge in [-0.2, -0.15) is 0 Å². The quantitative estimate of drug-likeness (QED) is 0.742. The summed E-state index contributed by atoms with van der Waals surface area (Å²) < 4.78 is 0. The lowest BCUT2D eigenvalue weighted by Gasteiger charge is -2.05. The summed E-state index contributed by atoms with van der Waals surface area (Å²) >= 11 is 1.87. The first kappa shape index (κ1) is 9.03. The molecular weight excluding hydrogens is 180 g/mol. The number of pyridine rings is 1. The first-order chi connectivity index (χ1) is 6.45. The summed E-state index contributed by atoms with van der Waals surface area (Å²) in [5.41, 5.74) is 0. The van der Waals surface area contributed by atoms with Crippen LogP contribution >= 0.6 is 11.8 Å². The largest absolute Gasteiger partial charge is 0.316 e. The molecule has 0 aliphatic carbocycles. The molecule has 1 fully saturated rings. The van der Waals surface area contributed by atoms with E-state index in [0.29, 0.717) is 0 Å². The van der Waals surface area contributed by atoms with E-state index < -0.39 is 0 Å². The molecule has 2 heterocycles. The highest BCUT2D eigenvalue weighted by atomic mass is 32.2. The Kier molecular flexibility index (Phi) is 3.22. The van der Waals surface area contributed by atoms with Crippen molar-refractivity contribution in [2.45, 2.75) is 11.4 Å². The molecule has 70 valence electrons. The Bertz CT molecular complexity index is 244. The van der Waals surface area contributed by atoms with Crippen LogP contribution in [0.25, 0.3) is 0 Å². The lowest BCUT2D eigenvalue weighted by Crippen LogP contribution is -2.10. The van der Waals surface area contributed by atoms with Crippen molar-refractivity contribution in [3.05, 3.63) is 24.4 Å². The van der Waals surface area contributed by atoms with Crippen molar-refractivity contribution in [2.24, 2.45) is 5.92 Å². The van der Waals surface area contributed by atoms with Crippen LogP contribution in [-0.4, -0.2) is 23.8 Å². The third-order valence-electron chi connectivity index (χ3n) is 2.27. The predicted octanol–water partition coefficient (Wildman–Crippen LogP) is 1.78. The van der Waals surface area contributed by atoms with Gasteiger partial charge in [0.05, 0.1) is 5.03 Å². The van der Waals surface area contributed by atoms with Crippen molar-refractivity contribution >= 4 is 11.8 Å². The zero-order valence-electron chi connectivity index (χ0n) is 7.57. The van der Waals surface area contributed by atoms with E-state index in [-0.39, 0.29) is 0 Å². The van der Waals surface area contributed by atoms with Gasteiger partial charge in [0.2, 0.25) is 0 Å². The van der Waals surface area contributed by atoms with Crippen LogP contribution in [-0.2, 0) is 0 Å². The molecule has 1 atom stereocenters. The monoisotopic (exact) mass is 194 g/mol. The van der Waals surface area contributed by atoms with Crippen LogP contribution in [0.15, 0.2) is 29.4 Å². The summed E-state index contributed by atoms with van der Waals surface area (Å²) in [5.74, 6) is 2.04. The second kappa shape index (κ2) is 4.63. The molecule has 1 aromatic heterocycles. The molecule has 1 saturated heterocycles. The standard InChI is InChI=1S/C10H14N2S/c1-2-5-12-10(3-1)13-8-9-4-6-11-7-9/h1-3,5,9,11H,4,6-8H2/t9-/m0/s1. The maximum absolute atomic E-state index is 4.28. The molecule has 13 heavy (non-hydrogen) atoms. The van der Waals surface area contributed by atoms with Crippen LogP contribution in [0.2, 0.25) is 0 Å². The average molecular weight is 194 g/mol. The second-order valence-corrected chi connectivity index (χ2v) is 4.38. The maximum Gasteiger partial charge on any atom is 0.0959 e. The zero-order valence-corrected chi connectivity index (χ0v) is 8.39. The van der Waals surface area contributed by atoms with Gasteiger partial charge in [-0.15, -0.1) is 11.8 Å². The van der Waals surface area contributed by atoms with Gasteiger partial charge in [-0.05, 0) is 37.6 Å². The third-order valence-corrected chi connectivity index (χ3v) is 3.44. The first-order valence-electron chi connectivity index (χ1n) is 4.70. The van der Waals surface area contributed by atoms with Crippen molar-refractivity contribution in [3.8, 4) is 0 Å². The van der Waals surface area contributed by atoms with Gasteiger partial charge in [-0.3, -0.25) is 0 Å². The van der Waals surface area contributed by atoms with Gasteiger partial charge in [0.1, 0.15) is 0 Å². The normalized spacial score (nSPS) is 22.0. The summed E-state index contributed by atoms with van der Waals surface area (Å²) in [7, 11) is 0. The summed E-state index contributed by atoms with van der Waals surface area (Å²) in [5, 5.41) is 4.52. The number of nitrogens with one attached hydrogen (secondary N) is 1. The Morgan fingerprint density at radius 3 is 3.23 bits per heavy atom.